The smallest absolute Gasteiger partial charge is 0.310 e. The molecular formula is C13H13NO3. The lowest BCUT2D eigenvalue weighted by Gasteiger charge is -2.09. The second-order valence-corrected chi connectivity index (χ2v) is 3.58. The van der Waals surface area contributed by atoms with Gasteiger partial charge in [0.1, 0.15) is 0 Å². The molecule has 0 heterocycles. The van der Waals surface area contributed by atoms with Gasteiger partial charge in [0.25, 0.3) is 0 Å². The summed E-state index contributed by atoms with van der Waals surface area (Å²) in [4.78, 5) is 23.2. The summed E-state index contributed by atoms with van der Waals surface area (Å²) in [5, 5.41) is 8.60. The van der Waals surface area contributed by atoms with E-state index in [0.717, 1.165) is 0 Å². The summed E-state index contributed by atoms with van der Waals surface area (Å²) in [6.07, 6.45) is -0.00447. The Morgan fingerprint density at radius 1 is 1.35 bits per heavy atom. The molecule has 0 amide bonds. The van der Waals surface area contributed by atoms with Crippen LogP contribution in [0.1, 0.15) is 23.2 Å². The van der Waals surface area contributed by atoms with Gasteiger partial charge in [-0.1, -0.05) is 30.3 Å². The molecule has 0 aliphatic rings. The van der Waals surface area contributed by atoms with Crippen molar-refractivity contribution in [1.82, 2.24) is 0 Å². The molecule has 0 saturated carbocycles. The maximum Gasteiger partial charge on any atom is 0.310 e. The Kier molecular flexibility index (Phi) is 4.89. The molecule has 88 valence electrons. The lowest BCUT2D eigenvalue weighted by molar-refractivity contribution is -0.145. The highest BCUT2D eigenvalue weighted by molar-refractivity contribution is 5.98. The number of benzene rings is 1. The first kappa shape index (κ1) is 12.9. The molecule has 0 saturated heterocycles. The summed E-state index contributed by atoms with van der Waals surface area (Å²) in [6, 6.07) is 10.6. The third kappa shape index (κ3) is 3.72. The summed E-state index contributed by atoms with van der Waals surface area (Å²) in [5.41, 5.74) is 0.541. The van der Waals surface area contributed by atoms with Crippen molar-refractivity contribution in [2.45, 2.75) is 12.8 Å². The Morgan fingerprint density at radius 2 is 2.00 bits per heavy atom. The predicted octanol–water partition coefficient (Wildman–Crippen LogP) is 1.96. The number of ketones is 1. The molecular weight excluding hydrogens is 218 g/mol. The van der Waals surface area contributed by atoms with Gasteiger partial charge in [-0.3, -0.25) is 9.59 Å². The lowest BCUT2D eigenvalue weighted by atomic mass is 9.96. The Morgan fingerprint density at radius 3 is 2.53 bits per heavy atom. The largest absolute Gasteiger partial charge is 0.469 e. The van der Waals surface area contributed by atoms with Crippen LogP contribution >= 0.6 is 0 Å². The molecule has 0 aliphatic heterocycles. The van der Waals surface area contributed by atoms with E-state index in [4.69, 9.17) is 5.26 Å². The first-order valence-electron chi connectivity index (χ1n) is 5.22. The minimum Gasteiger partial charge on any atom is -0.469 e. The number of Topliss-reactive ketones (excluding diaryl/α,β-unsaturated/α-hetero) is 1. The fraction of sp³-hybridized carbons (Fsp3) is 0.308. The molecule has 0 radical (unpaired) electrons. The van der Waals surface area contributed by atoms with Crippen molar-refractivity contribution in [1.29, 1.82) is 5.26 Å². The van der Waals surface area contributed by atoms with Crippen LogP contribution in [-0.2, 0) is 9.53 Å². The van der Waals surface area contributed by atoms with E-state index >= 15 is 0 Å². The average molecular weight is 231 g/mol. The van der Waals surface area contributed by atoms with Crippen LogP contribution in [-0.4, -0.2) is 18.9 Å². The Hall–Kier alpha value is -2.15. The van der Waals surface area contributed by atoms with E-state index in [0.29, 0.717) is 5.56 Å². The molecule has 1 aromatic carbocycles. The molecule has 0 aliphatic carbocycles. The van der Waals surface area contributed by atoms with E-state index in [1.54, 1.807) is 24.3 Å². The zero-order chi connectivity index (χ0) is 12.7. The summed E-state index contributed by atoms with van der Waals surface area (Å²) >= 11 is 0. The highest BCUT2D eigenvalue weighted by Gasteiger charge is 2.22. The van der Waals surface area contributed by atoms with Crippen LogP contribution in [0.4, 0.5) is 0 Å². The van der Waals surface area contributed by atoms with Crippen molar-refractivity contribution in [2.75, 3.05) is 7.11 Å². The molecule has 4 heteroatoms. The van der Waals surface area contributed by atoms with Gasteiger partial charge in [-0.2, -0.15) is 5.26 Å². The third-order valence-corrected chi connectivity index (χ3v) is 2.40. The van der Waals surface area contributed by atoms with Crippen molar-refractivity contribution in [2.24, 2.45) is 5.92 Å². The zero-order valence-electron chi connectivity index (χ0n) is 9.55. The molecule has 1 rings (SSSR count). The van der Waals surface area contributed by atoms with Gasteiger partial charge in [-0.15, -0.1) is 0 Å². The number of nitrogens with zero attached hydrogens (tertiary/aromatic N) is 1. The van der Waals surface area contributed by atoms with Crippen molar-refractivity contribution in [3.63, 3.8) is 0 Å². The van der Waals surface area contributed by atoms with E-state index in [1.807, 2.05) is 12.1 Å². The van der Waals surface area contributed by atoms with Crippen LogP contribution in [0.15, 0.2) is 30.3 Å². The number of nitriles is 1. The average Bonchev–Trinajstić information content (AvgIpc) is 2.38. The Labute approximate surface area is 99.8 Å². The second kappa shape index (κ2) is 6.44. The summed E-state index contributed by atoms with van der Waals surface area (Å²) in [5.74, 6) is -1.36. The van der Waals surface area contributed by atoms with E-state index in [2.05, 4.69) is 4.74 Å². The fourth-order valence-electron chi connectivity index (χ4n) is 1.48. The van der Waals surface area contributed by atoms with Gasteiger partial charge in [0.2, 0.25) is 0 Å². The number of methoxy groups -OCH3 is 1. The van der Waals surface area contributed by atoms with Crippen LogP contribution in [0, 0.1) is 17.2 Å². The van der Waals surface area contributed by atoms with E-state index in [9.17, 15) is 9.59 Å². The van der Waals surface area contributed by atoms with Gasteiger partial charge in [0, 0.05) is 18.4 Å². The van der Waals surface area contributed by atoms with Crippen LogP contribution < -0.4 is 0 Å². The van der Waals surface area contributed by atoms with E-state index in [1.165, 1.54) is 7.11 Å². The predicted molar refractivity (Wildman–Crippen MR) is 61.1 cm³/mol. The van der Waals surface area contributed by atoms with Crippen LogP contribution in [0.2, 0.25) is 0 Å². The number of rotatable bonds is 5. The maximum atomic E-state index is 11.8. The summed E-state index contributed by atoms with van der Waals surface area (Å²) in [7, 11) is 1.25. The molecule has 17 heavy (non-hydrogen) atoms. The molecule has 1 unspecified atom stereocenters. The molecule has 0 bridgehead atoms. The zero-order valence-corrected chi connectivity index (χ0v) is 9.55. The van der Waals surface area contributed by atoms with Gasteiger partial charge in [0.05, 0.1) is 19.1 Å². The minimum absolute atomic E-state index is 0.00421. The van der Waals surface area contributed by atoms with Gasteiger partial charge in [0.15, 0.2) is 5.78 Å². The summed E-state index contributed by atoms with van der Waals surface area (Å²) < 4.78 is 4.56. The van der Waals surface area contributed by atoms with Crippen LogP contribution in [0.5, 0.6) is 0 Å². The van der Waals surface area contributed by atoms with E-state index in [-0.39, 0.29) is 18.6 Å². The van der Waals surface area contributed by atoms with E-state index < -0.39 is 11.9 Å². The maximum absolute atomic E-state index is 11.8. The standard InChI is InChI=1S/C13H13NO3/c1-17-13(16)11(7-8-14)9-12(15)10-5-3-2-4-6-10/h2-6,11H,7,9H2,1H3. The topological polar surface area (TPSA) is 67.2 Å². The molecule has 0 fully saturated rings. The summed E-state index contributed by atoms with van der Waals surface area (Å²) in [6.45, 7) is 0. The lowest BCUT2D eigenvalue weighted by Crippen LogP contribution is -2.19. The number of carbonyl (C=O) groups excluding carboxylic acids is 2. The SMILES string of the molecule is COC(=O)C(CC#N)CC(=O)c1ccccc1. The van der Waals surface area contributed by atoms with Crippen molar-refractivity contribution >= 4 is 11.8 Å². The number of esters is 1. The molecule has 0 aromatic heterocycles. The minimum atomic E-state index is -0.683. The number of carbonyl (C=O) groups is 2. The number of hydrogen-bond acceptors (Lipinski definition) is 4. The first-order valence-corrected chi connectivity index (χ1v) is 5.22. The second-order valence-electron chi connectivity index (χ2n) is 3.58. The molecule has 4 nitrogen and oxygen atoms in total. The fourth-order valence-corrected chi connectivity index (χ4v) is 1.48. The Bertz CT molecular complexity index is 434. The molecule has 0 spiro atoms. The first-order chi connectivity index (χ1) is 8.19. The van der Waals surface area contributed by atoms with Crippen molar-refractivity contribution in [3.05, 3.63) is 35.9 Å². The number of hydrogen-bond donors (Lipinski definition) is 0. The monoisotopic (exact) mass is 231 g/mol. The highest BCUT2D eigenvalue weighted by atomic mass is 16.5. The highest BCUT2D eigenvalue weighted by Crippen LogP contribution is 2.14. The van der Waals surface area contributed by atoms with Gasteiger partial charge in [-0.05, 0) is 0 Å². The van der Waals surface area contributed by atoms with Crippen molar-refractivity contribution < 1.29 is 14.3 Å². The number of ether oxygens (including phenoxy) is 1. The molecule has 1 aromatic rings. The molecule has 0 N–H and O–H groups in total. The van der Waals surface area contributed by atoms with Crippen LogP contribution in [0.3, 0.4) is 0 Å². The third-order valence-electron chi connectivity index (χ3n) is 2.40. The van der Waals surface area contributed by atoms with Crippen LogP contribution in [0.25, 0.3) is 0 Å². The Balaban J connectivity index is 2.72. The van der Waals surface area contributed by atoms with Gasteiger partial charge >= 0.3 is 5.97 Å². The normalized spacial score (nSPS) is 11.3. The van der Waals surface area contributed by atoms with Gasteiger partial charge < -0.3 is 4.74 Å². The van der Waals surface area contributed by atoms with Crippen molar-refractivity contribution in [3.8, 4) is 6.07 Å². The van der Waals surface area contributed by atoms with Gasteiger partial charge in [-0.25, -0.2) is 0 Å². The molecule has 1 atom stereocenters. The quantitative estimate of drug-likeness (QED) is 0.574.